The second-order valence-electron chi connectivity index (χ2n) is 5.25. The smallest absolute Gasteiger partial charge is 0.330 e. The molecule has 1 rings (SSSR count). The summed E-state index contributed by atoms with van der Waals surface area (Å²) in [7, 11) is 0. The summed E-state index contributed by atoms with van der Waals surface area (Å²) >= 11 is 3.67. The monoisotopic (exact) mass is 358 g/mol. The van der Waals surface area contributed by atoms with Gasteiger partial charge in [0.05, 0.1) is 4.58 Å². The van der Waals surface area contributed by atoms with Gasteiger partial charge >= 0.3 is 11.9 Å². The Kier molecular flexibility index (Phi) is 11.0. The van der Waals surface area contributed by atoms with Crippen LogP contribution in [0.15, 0.2) is 25.3 Å². The normalized spacial score (nSPS) is 15.2. The van der Waals surface area contributed by atoms with Gasteiger partial charge in [0.25, 0.3) is 0 Å². The number of hydrogen-bond donors (Lipinski definition) is 0. The van der Waals surface area contributed by atoms with Crippen molar-refractivity contribution in [1.29, 1.82) is 0 Å². The van der Waals surface area contributed by atoms with Crippen molar-refractivity contribution in [2.24, 2.45) is 5.92 Å². The van der Waals surface area contributed by atoms with Crippen LogP contribution in [0.4, 0.5) is 0 Å². The molecule has 0 aromatic carbocycles. The number of thioether (sulfide) groups is 2. The zero-order chi connectivity index (χ0) is 16.9. The SMILES string of the molecule is C=CC(=O)OCCSC(SCCOC(=O)C=C)C1CCCCC1. The lowest BCUT2D eigenvalue weighted by atomic mass is 9.91. The summed E-state index contributed by atoms with van der Waals surface area (Å²) in [6.07, 6.45) is 8.79. The van der Waals surface area contributed by atoms with E-state index in [1.54, 1.807) is 0 Å². The fraction of sp³-hybridized carbons (Fsp3) is 0.647. The van der Waals surface area contributed by atoms with E-state index in [4.69, 9.17) is 9.47 Å². The molecule has 1 aliphatic carbocycles. The number of rotatable bonds is 11. The summed E-state index contributed by atoms with van der Waals surface area (Å²) < 4.78 is 10.5. The van der Waals surface area contributed by atoms with Crippen LogP contribution in [0.25, 0.3) is 0 Å². The Balaban J connectivity index is 2.32. The van der Waals surface area contributed by atoms with Crippen molar-refractivity contribution in [3.8, 4) is 0 Å². The Morgan fingerprint density at radius 1 is 0.957 bits per heavy atom. The molecule has 0 radical (unpaired) electrons. The molecule has 0 atom stereocenters. The molecular weight excluding hydrogens is 332 g/mol. The quantitative estimate of drug-likeness (QED) is 0.242. The molecule has 1 saturated carbocycles. The van der Waals surface area contributed by atoms with Crippen LogP contribution in [0, 0.1) is 5.92 Å². The van der Waals surface area contributed by atoms with Gasteiger partial charge in [-0.25, -0.2) is 9.59 Å². The molecule has 23 heavy (non-hydrogen) atoms. The summed E-state index contributed by atoms with van der Waals surface area (Å²) in [5.41, 5.74) is 0. The van der Waals surface area contributed by atoms with Crippen LogP contribution in [-0.4, -0.2) is 41.2 Å². The third kappa shape index (κ3) is 9.11. The standard InChI is InChI=1S/C17H26O4S2/c1-3-15(18)20-10-12-22-17(14-8-6-5-7-9-14)23-13-11-21-16(19)4-2/h3-4,14,17H,1-2,5-13H2. The molecule has 0 saturated heterocycles. The molecule has 1 aliphatic rings. The Labute approximate surface area is 147 Å². The zero-order valence-electron chi connectivity index (χ0n) is 13.5. The first kappa shape index (κ1) is 20.2. The maximum atomic E-state index is 11.1. The molecule has 130 valence electrons. The van der Waals surface area contributed by atoms with E-state index in [-0.39, 0.29) is 11.9 Å². The van der Waals surface area contributed by atoms with Crippen LogP contribution in [-0.2, 0) is 19.1 Å². The predicted molar refractivity (Wildman–Crippen MR) is 97.6 cm³/mol. The fourth-order valence-electron chi connectivity index (χ4n) is 2.46. The van der Waals surface area contributed by atoms with Gasteiger partial charge in [0, 0.05) is 23.7 Å². The number of carbonyl (C=O) groups excluding carboxylic acids is 2. The predicted octanol–water partition coefficient (Wildman–Crippen LogP) is 3.82. The van der Waals surface area contributed by atoms with Crippen LogP contribution in [0.5, 0.6) is 0 Å². The van der Waals surface area contributed by atoms with E-state index in [1.165, 1.54) is 44.3 Å². The largest absolute Gasteiger partial charge is 0.462 e. The summed E-state index contributed by atoms with van der Waals surface area (Å²) in [5, 5.41) is 0. The summed E-state index contributed by atoms with van der Waals surface area (Å²) in [6, 6.07) is 0. The lowest BCUT2D eigenvalue weighted by Crippen LogP contribution is -2.20. The maximum Gasteiger partial charge on any atom is 0.330 e. The van der Waals surface area contributed by atoms with Gasteiger partial charge in [-0.3, -0.25) is 0 Å². The third-order valence-corrected chi connectivity index (χ3v) is 6.64. The summed E-state index contributed by atoms with van der Waals surface area (Å²) in [6.45, 7) is 7.59. The molecule has 0 unspecified atom stereocenters. The van der Waals surface area contributed by atoms with Crippen molar-refractivity contribution in [1.82, 2.24) is 0 Å². The zero-order valence-corrected chi connectivity index (χ0v) is 15.2. The third-order valence-electron chi connectivity index (χ3n) is 3.59. The van der Waals surface area contributed by atoms with Crippen molar-refractivity contribution >= 4 is 35.5 Å². The van der Waals surface area contributed by atoms with Crippen LogP contribution in [0.1, 0.15) is 32.1 Å². The van der Waals surface area contributed by atoms with Gasteiger partial charge in [0.2, 0.25) is 0 Å². The van der Waals surface area contributed by atoms with Crippen molar-refractivity contribution in [3.05, 3.63) is 25.3 Å². The average molecular weight is 359 g/mol. The highest BCUT2D eigenvalue weighted by molar-refractivity contribution is 8.17. The minimum atomic E-state index is -0.371. The van der Waals surface area contributed by atoms with Gasteiger partial charge in [-0.2, -0.15) is 0 Å². The molecule has 1 fully saturated rings. The molecule has 0 bridgehead atoms. The van der Waals surface area contributed by atoms with Crippen molar-refractivity contribution in [2.45, 2.75) is 36.7 Å². The number of carbonyl (C=O) groups is 2. The molecule has 0 spiro atoms. The molecule has 0 N–H and O–H groups in total. The summed E-state index contributed by atoms with van der Waals surface area (Å²) in [5.74, 6) is 1.50. The van der Waals surface area contributed by atoms with Crippen LogP contribution >= 0.6 is 23.5 Å². The Morgan fingerprint density at radius 2 is 1.43 bits per heavy atom. The van der Waals surface area contributed by atoms with E-state index < -0.39 is 0 Å². The number of esters is 2. The first-order chi connectivity index (χ1) is 11.2. The van der Waals surface area contributed by atoms with Crippen LogP contribution in [0.2, 0.25) is 0 Å². The minimum Gasteiger partial charge on any atom is -0.462 e. The highest BCUT2D eigenvalue weighted by atomic mass is 32.2. The molecule has 0 heterocycles. The first-order valence-electron chi connectivity index (χ1n) is 7.99. The van der Waals surface area contributed by atoms with Gasteiger partial charge in [-0.1, -0.05) is 32.4 Å². The van der Waals surface area contributed by atoms with Gasteiger partial charge in [0.15, 0.2) is 0 Å². The van der Waals surface area contributed by atoms with E-state index in [9.17, 15) is 9.59 Å². The van der Waals surface area contributed by atoms with Crippen molar-refractivity contribution < 1.29 is 19.1 Å². The average Bonchev–Trinajstić information content (AvgIpc) is 2.60. The highest BCUT2D eigenvalue weighted by Gasteiger charge is 2.24. The van der Waals surface area contributed by atoms with Gasteiger partial charge in [0.1, 0.15) is 13.2 Å². The van der Waals surface area contributed by atoms with Gasteiger partial charge < -0.3 is 9.47 Å². The minimum absolute atomic E-state index is 0.371. The number of ether oxygens (including phenoxy) is 2. The molecular formula is C17H26O4S2. The Morgan fingerprint density at radius 3 is 1.87 bits per heavy atom. The summed E-state index contributed by atoms with van der Waals surface area (Å²) in [4.78, 5) is 22.1. The Bertz CT molecular complexity index is 364. The first-order valence-corrected chi connectivity index (χ1v) is 10.1. The van der Waals surface area contributed by atoms with Gasteiger partial charge in [-0.05, 0) is 18.8 Å². The molecule has 0 aromatic heterocycles. The fourth-order valence-corrected chi connectivity index (χ4v) is 5.33. The molecule has 4 nitrogen and oxygen atoms in total. The van der Waals surface area contributed by atoms with E-state index >= 15 is 0 Å². The lowest BCUT2D eigenvalue weighted by molar-refractivity contribution is -0.138. The van der Waals surface area contributed by atoms with E-state index in [0.717, 1.165) is 11.5 Å². The van der Waals surface area contributed by atoms with E-state index in [0.29, 0.717) is 23.7 Å². The van der Waals surface area contributed by atoms with E-state index in [1.807, 2.05) is 23.5 Å². The molecule has 0 aliphatic heterocycles. The second-order valence-corrected chi connectivity index (χ2v) is 8.05. The highest BCUT2D eigenvalue weighted by Crippen LogP contribution is 2.38. The van der Waals surface area contributed by atoms with E-state index in [2.05, 4.69) is 13.2 Å². The topological polar surface area (TPSA) is 52.6 Å². The molecule has 0 aromatic rings. The van der Waals surface area contributed by atoms with Crippen LogP contribution in [0.3, 0.4) is 0 Å². The van der Waals surface area contributed by atoms with Crippen molar-refractivity contribution in [3.63, 3.8) is 0 Å². The lowest BCUT2D eigenvalue weighted by Gasteiger charge is -2.29. The maximum absolute atomic E-state index is 11.1. The number of hydrogen-bond acceptors (Lipinski definition) is 6. The Hall–Kier alpha value is -0.880. The van der Waals surface area contributed by atoms with Gasteiger partial charge in [-0.15, -0.1) is 23.5 Å². The second kappa shape index (κ2) is 12.5. The molecule has 0 amide bonds. The molecule has 6 heteroatoms. The van der Waals surface area contributed by atoms with Crippen LogP contribution < -0.4 is 0 Å². The van der Waals surface area contributed by atoms with Crippen molar-refractivity contribution in [2.75, 3.05) is 24.7 Å².